The van der Waals surface area contributed by atoms with Gasteiger partial charge in [0.2, 0.25) is 0 Å². The van der Waals surface area contributed by atoms with Crippen molar-refractivity contribution in [1.82, 2.24) is 0 Å². The van der Waals surface area contributed by atoms with Gasteiger partial charge in [-0.25, -0.2) is 0 Å². The molecule has 8 nitrogen and oxygen atoms in total. The smallest absolute Gasteiger partial charge is 0.305 e. The van der Waals surface area contributed by atoms with Gasteiger partial charge in [0.05, 0.1) is 34.0 Å². The minimum absolute atomic E-state index is 0.0273. The number of esters is 1. The summed E-state index contributed by atoms with van der Waals surface area (Å²) in [6.45, 7) is 4.69. The van der Waals surface area contributed by atoms with Crippen LogP contribution in [0.4, 0.5) is 0 Å². The van der Waals surface area contributed by atoms with Gasteiger partial charge in [-0.1, -0.05) is 135 Å². The highest BCUT2D eigenvalue weighted by Gasteiger charge is 2.19. The average molecular weight is 716 g/mol. The number of carbonyl (C=O) groups excluding carboxylic acids is 1. The highest BCUT2D eigenvalue weighted by atomic mass is 31.2. The van der Waals surface area contributed by atoms with E-state index in [4.69, 9.17) is 18.5 Å². The number of unbranched alkanes of at least 4 members (excludes halogenated alkanes) is 21. The van der Waals surface area contributed by atoms with Crippen LogP contribution in [0.2, 0.25) is 0 Å². The molecule has 0 saturated carbocycles. The minimum atomic E-state index is -4.51. The van der Waals surface area contributed by atoms with Crippen LogP contribution in [0.15, 0.2) is 24.5 Å². The molecule has 0 rings (SSSR count). The van der Waals surface area contributed by atoms with E-state index in [1.165, 1.54) is 116 Å². The number of carbonyl (C=O) groups is 1. The maximum Gasteiger partial charge on any atom is 0.305 e. The Morgan fingerprint density at radius 1 is 0.633 bits per heavy atom. The van der Waals surface area contributed by atoms with Crippen LogP contribution in [-0.2, 0) is 27.9 Å². The Bertz CT molecular complexity index is 843. The van der Waals surface area contributed by atoms with Gasteiger partial charge in [0.25, 0.3) is 7.82 Å². The molecule has 0 aliphatic rings. The van der Waals surface area contributed by atoms with Crippen LogP contribution in [0.3, 0.4) is 0 Å². The highest BCUT2D eigenvalue weighted by molar-refractivity contribution is 7.45. The van der Waals surface area contributed by atoms with Crippen LogP contribution in [0, 0.1) is 0 Å². The normalized spacial score (nSPS) is 14.1. The monoisotopic (exact) mass is 716 g/mol. The maximum atomic E-state index is 12.4. The highest BCUT2D eigenvalue weighted by Crippen LogP contribution is 2.38. The van der Waals surface area contributed by atoms with E-state index in [1.807, 2.05) is 27.2 Å². The lowest BCUT2D eigenvalue weighted by atomic mass is 10.0. The molecular formula is C40H78NO7P. The number of phosphoric ester groups is 1. The van der Waals surface area contributed by atoms with Crippen molar-refractivity contribution in [2.45, 2.75) is 180 Å². The fourth-order valence-corrected chi connectivity index (χ4v) is 6.08. The van der Waals surface area contributed by atoms with Crippen LogP contribution >= 0.6 is 7.82 Å². The molecule has 9 heteroatoms. The fourth-order valence-electron chi connectivity index (χ4n) is 5.35. The van der Waals surface area contributed by atoms with Crippen molar-refractivity contribution >= 4 is 13.8 Å². The summed E-state index contributed by atoms with van der Waals surface area (Å²) in [7, 11) is 1.36. The SMILES string of the molecule is CCCCCC/C=C\CCCCCCCC(=O)OCC(COP(=O)([O-])OCC[N+](C)(C)C)O/C=C\CCCCCCCCCCCCCC. The lowest BCUT2D eigenvalue weighted by Gasteiger charge is -2.28. The van der Waals surface area contributed by atoms with E-state index < -0.39 is 13.9 Å². The van der Waals surface area contributed by atoms with Gasteiger partial charge in [-0.15, -0.1) is 0 Å². The number of allylic oxidation sites excluding steroid dienone is 3. The number of ether oxygens (including phenoxy) is 2. The molecule has 2 unspecified atom stereocenters. The van der Waals surface area contributed by atoms with Gasteiger partial charge in [0.15, 0.2) is 6.10 Å². The van der Waals surface area contributed by atoms with Crippen molar-refractivity contribution in [3.63, 3.8) is 0 Å². The molecule has 0 radical (unpaired) electrons. The molecular weight excluding hydrogens is 637 g/mol. The van der Waals surface area contributed by atoms with Crippen LogP contribution in [0.25, 0.3) is 0 Å². The molecule has 2 atom stereocenters. The number of nitrogens with zero attached hydrogens (tertiary/aromatic N) is 1. The summed E-state index contributed by atoms with van der Waals surface area (Å²) in [5.74, 6) is -0.301. The van der Waals surface area contributed by atoms with Crippen molar-refractivity contribution in [2.24, 2.45) is 0 Å². The van der Waals surface area contributed by atoms with E-state index in [-0.39, 0.29) is 25.8 Å². The first-order valence-electron chi connectivity index (χ1n) is 20.1. The summed E-state index contributed by atoms with van der Waals surface area (Å²) in [6, 6.07) is 0. The number of rotatable bonds is 37. The minimum Gasteiger partial charge on any atom is -0.756 e. The van der Waals surface area contributed by atoms with Gasteiger partial charge >= 0.3 is 5.97 Å². The zero-order valence-electron chi connectivity index (χ0n) is 32.6. The van der Waals surface area contributed by atoms with E-state index in [1.54, 1.807) is 6.26 Å². The first-order valence-corrected chi connectivity index (χ1v) is 21.6. The van der Waals surface area contributed by atoms with Gasteiger partial charge in [0, 0.05) is 6.42 Å². The van der Waals surface area contributed by atoms with Gasteiger partial charge in [-0.05, 0) is 51.0 Å². The summed E-state index contributed by atoms with van der Waals surface area (Å²) >= 11 is 0. The topological polar surface area (TPSA) is 94.1 Å². The molecule has 0 spiro atoms. The second kappa shape index (κ2) is 33.9. The number of likely N-dealkylation sites (N-methyl/N-ethyl adjacent to an activating group) is 1. The zero-order valence-corrected chi connectivity index (χ0v) is 33.5. The first kappa shape index (κ1) is 47.8. The van der Waals surface area contributed by atoms with E-state index >= 15 is 0 Å². The van der Waals surface area contributed by atoms with E-state index in [0.29, 0.717) is 17.4 Å². The Kier molecular flexibility index (Phi) is 33.1. The average Bonchev–Trinajstić information content (AvgIpc) is 3.05. The predicted octanol–water partition coefficient (Wildman–Crippen LogP) is 11.0. The molecule has 0 aromatic rings. The number of phosphoric acid groups is 1. The van der Waals surface area contributed by atoms with E-state index in [0.717, 1.165) is 38.5 Å². The van der Waals surface area contributed by atoms with Crippen LogP contribution in [0.5, 0.6) is 0 Å². The summed E-state index contributed by atoms with van der Waals surface area (Å²) < 4.78 is 34.2. The van der Waals surface area contributed by atoms with Crippen molar-refractivity contribution < 1.29 is 37.3 Å². The molecule has 49 heavy (non-hydrogen) atoms. The predicted molar refractivity (Wildman–Crippen MR) is 203 cm³/mol. The number of hydrogen-bond donors (Lipinski definition) is 0. The standard InChI is InChI=1S/C40H78NO7P/c1-6-8-10-12-14-16-18-20-22-24-26-28-30-32-35-45-39(38-48-49(43,44)47-36-34-41(3,4)5)37-46-40(42)33-31-29-27-25-23-21-19-17-15-13-11-9-7-2/h17,19,32,35,39H,6-16,18,20-31,33-34,36-38H2,1-5H3/b19-17-,35-32-. The number of hydrogen-bond acceptors (Lipinski definition) is 7. The summed E-state index contributed by atoms with van der Waals surface area (Å²) in [6.07, 6.45) is 37.1. The van der Waals surface area contributed by atoms with Gasteiger partial charge in [0.1, 0.15) is 19.8 Å². The Morgan fingerprint density at radius 2 is 1.08 bits per heavy atom. The summed E-state index contributed by atoms with van der Waals surface area (Å²) in [5, 5.41) is 0. The Labute approximate surface area is 303 Å². The van der Waals surface area contributed by atoms with E-state index in [9.17, 15) is 14.3 Å². The molecule has 0 aliphatic heterocycles. The molecule has 0 fully saturated rings. The lowest BCUT2D eigenvalue weighted by molar-refractivity contribution is -0.870. The van der Waals surface area contributed by atoms with E-state index in [2.05, 4.69) is 26.0 Å². The number of quaternary nitrogens is 1. The molecule has 0 amide bonds. The van der Waals surface area contributed by atoms with Crippen LogP contribution in [-0.4, -0.2) is 64.1 Å². The Balaban J connectivity index is 4.34. The van der Waals surface area contributed by atoms with Crippen molar-refractivity contribution in [2.75, 3.05) is 47.5 Å². The Morgan fingerprint density at radius 3 is 1.59 bits per heavy atom. The summed E-state index contributed by atoms with van der Waals surface area (Å²) in [4.78, 5) is 24.7. The summed E-state index contributed by atoms with van der Waals surface area (Å²) in [5.41, 5.74) is 0. The molecule has 0 aliphatic carbocycles. The van der Waals surface area contributed by atoms with Gasteiger partial charge in [-0.3, -0.25) is 9.36 Å². The first-order chi connectivity index (χ1) is 23.6. The molecule has 0 saturated heterocycles. The second-order valence-corrected chi connectivity index (χ2v) is 16.1. The van der Waals surface area contributed by atoms with Crippen LogP contribution in [0.1, 0.15) is 174 Å². The van der Waals surface area contributed by atoms with Gasteiger partial charge < -0.3 is 27.9 Å². The molecule has 0 bridgehead atoms. The van der Waals surface area contributed by atoms with Crippen LogP contribution < -0.4 is 4.89 Å². The van der Waals surface area contributed by atoms with Crippen molar-refractivity contribution in [3.8, 4) is 0 Å². The lowest BCUT2D eigenvalue weighted by Crippen LogP contribution is -2.37. The molecule has 0 heterocycles. The Hall–Kier alpha value is -1.18. The third kappa shape index (κ3) is 37.9. The quantitative estimate of drug-likeness (QED) is 0.0158. The maximum absolute atomic E-state index is 12.4. The largest absolute Gasteiger partial charge is 0.756 e. The van der Waals surface area contributed by atoms with Gasteiger partial charge in [-0.2, -0.15) is 0 Å². The second-order valence-electron chi connectivity index (χ2n) is 14.7. The molecule has 0 N–H and O–H groups in total. The molecule has 0 aromatic heterocycles. The zero-order chi connectivity index (χ0) is 36.3. The molecule has 290 valence electrons. The fraction of sp³-hybridized carbons (Fsp3) is 0.875. The third-order valence-electron chi connectivity index (χ3n) is 8.59. The molecule has 0 aromatic carbocycles. The third-order valence-corrected chi connectivity index (χ3v) is 9.56. The van der Waals surface area contributed by atoms with Crippen molar-refractivity contribution in [3.05, 3.63) is 24.5 Å². The van der Waals surface area contributed by atoms with Crippen molar-refractivity contribution in [1.29, 1.82) is 0 Å².